The third kappa shape index (κ3) is 4.21. The molecular formula is C14H22ClNO. The summed E-state index contributed by atoms with van der Waals surface area (Å²) in [5, 5.41) is 0.727. The van der Waals surface area contributed by atoms with Gasteiger partial charge in [0, 0.05) is 0 Å². The van der Waals surface area contributed by atoms with Crippen LogP contribution in [0.4, 0.5) is 0 Å². The molecule has 0 radical (unpaired) electrons. The van der Waals surface area contributed by atoms with E-state index in [2.05, 4.69) is 19.9 Å². The molecule has 0 fully saturated rings. The highest BCUT2D eigenvalue weighted by molar-refractivity contribution is 6.32. The quantitative estimate of drug-likeness (QED) is 0.808. The SMILES string of the molecule is CCCOc1c(Cl)cc(CC)cc1CCCN. The highest BCUT2D eigenvalue weighted by Gasteiger charge is 2.10. The summed E-state index contributed by atoms with van der Waals surface area (Å²) in [6.45, 7) is 5.63. The van der Waals surface area contributed by atoms with E-state index in [0.29, 0.717) is 13.2 Å². The molecule has 1 aromatic carbocycles. The summed E-state index contributed by atoms with van der Waals surface area (Å²) in [5.74, 6) is 0.846. The van der Waals surface area contributed by atoms with Crippen LogP contribution in [0.2, 0.25) is 5.02 Å². The lowest BCUT2D eigenvalue weighted by molar-refractivity contribution is 0.314. The molecule has 0 heterocycles. The van der Waals surface area contributed by atoms with Gasteiger partial charge in [0.15, 0.2) is 0 Å². The van der Waals surface area contributed by atoms with Crippen LogP contribution in [0.25, 0.3) is 0 Å². The molecule has 0 saturated carbocycles. The Hall–Kier alpha value is -0.730. The van der Waals surface area contributed by atoms with Gasteiger partial charge >= 0.3 is 0 Å². The molecular weight excluding hydrogens is 234 g/mol. The van der Waals surface area contributed by atoms with E-state index in [1.807, 2.05) is 6.07 Å². The molecule has 2 N–H and O–H groups in total. The van der Waals surface area contributed by atoms with Gasteiger partial charge in [-0.15, -0.1) is 0 Å². The fourth-order valence-electron chi connectivity index (χ4n) is 1.76. The molecule has 0 bridgehead atoms. The average molecular weight is 256 g/mol. The van der Waals surface area contributed by atoms with Crippen LogP contribution in [0.1, 0.15) is 37.8 Å². The van der Waals surface area contributed by atoms with Crippen LogP contribution in [0.15, 0.2) is 12.1 Å². The van der Waals surface area contributed by atoms with Crippen molar-refractivity contribution >= 4 is 11.6 Å². The van der Waals surface area contributed by atoms with Gasteiger partial charge in [-0.25, -0.2) is 0 Å². The third-order valence-corrected chi connectivity index (χ3v) is 2.97. The number of hydrogen-bond donors (Lipinski definition) is 1. The van der Waals surface area contributed by atoms with E-state index < -0.39 is 0 Å². The first-order chi connectivity index (χ1) is 8.22. The summed E-state index contributed by atoms with van der Waals surface area (Å²) in [7, 11) is 0. The Morgan fingerprint density at radius 1 is 1.29 bits per heavy atom. The molecule has 0 amide bonds. The van der Waals surface area contributed by atoms with E-state index in [1.54, 1.807) is 0 Å². The standard InChI is InChI=1S/C14H22ClNO/c1-3-8-17-14-12(6-5-7-16)9-11(4-2)10-13(14)15/h9-10H,3-8,16H2,1-2H3. The molecule has 17 heavy (non-hydrogen) atoms. The van der Waals surface area contributed by atoms with Crippen molar-refractivity contribution in [3.05, 3.63) is 28.3 Å². The number of nitrogens with two attached hydrogens (primary N) is 1. The van der Waals surface area contributed by atoms with Crippen molar-refractivity contribution in [2.45, 2.75) is 39.5 Å². The molecule has 0 aromatic heterocycles. The van der Waals surface area contributed by atoms with Crippen LogP contribution >= 0.6 is 11.6 Å². The topological polar surface area (TPSA) is 35.2 Å². The van der Waals surface area contributed by atoms with Gasteiger partial charge in [0.1, 0.15) is 5.75 Å². The van der Waals surface area contributed by atoms with Gasteiger partial charge in [0.2, 0.25) is 0 Å². The summed E-state index contributed by atoms with van der Waals surface area (Å²) >= 11 is 6.27. The van der Waals surface area contributed by atoms with Crippen LogP contribution in [0, 0.1) is 0 Å². The summed E-state index contributed by atoms with van der Waals surface area (Å²) in [6.07, 6.45) is 3.88. The number of hydrogen-bond acceptors (Lipinski definition) is 2. The predicted molar refractivity (Wildman–Crippen MR) is 74.0 cm³/mol. The lowest BCUT2D eigenvalue weighted by Gasteiger charge is -2.14. The van der Waals surface area contributed by atoms with E-state index >= 15 is 0 Å². The van der Waals surface area contributed by atoms with Crippen molar-refractivity contribution in [3.8, 4) is 5.75 Å². The second kappa shape index (κ2) is 7.57. The van der Waals surface area contributed by atoms with Gasteiger partial charge in [-0.05, 0) is 49.4 Å². The molecule has 0 aliphatic rings. The van der Waals surface area contributed by atoms with Crippen molar-refractivity contribution in [1.29, 1.82) is 0 Å². The number of halogens is 1. The molecule has 1 rings (SSSR count). The fraction of sp³-hybridized carbons (Fsp3) is 0.571. The fourth-order valence-corrected chi connectivity index (χ4v) is 2.08. The van der Waals surface area contributed by atoms with Crippen molar-refractivity contribution in [3.63, 3.8) is 0 Å². The van der Waals surface area contributed by atoms with Gasteiger partial charge in [0.05, 0.1) is 11.6 Å². The lowest BCUT2D eigenvalue weighted by Crippen LogP contribution is -2.04. The minimum Gasteiger partial charge on any atom is -0.492 e. The van der Waals surface area contributed by atoms with Crippen LogP contribution in [0.3, 0.4) is 0 Å². The molecule has 2 nitrogen and oxygen atoms in total. The highest BCUT2D eigenvalue weighted by atomic mass is 35.5. The van der Waals surface area contributed by atoms with Crippen molar-refractivity contribution < 1.29 is 4.74 Å². The van der Waals surface area contributed by atoms with Crippen molar-refractivity contribution in [2.75, 3.05) is 13.2 Å². The predicted octanol–water partition coefficient (Wildman–Crippen LogP) is 3.58. The largest absolute Gasteiger partial charge is 0.492 e. The first kappa shape index (κ1) is 14.3. The van der Waals surface area contributed by atoms with Gasteiger partial charge in [-0.3, -0.25) is 0 Å². The second-order valence-electron chi connectivity index (χ2n) is 4.16. The Bertz CT molecular complexity index is 352. The van der Waals surface area contributed by atoms with Gasteiger partial charge in [0.25, 0.3) is 0 Å². The zero-order chi connectivity index (χ0) is 12.7. The maximum absolute atomic E-state index is 6.27. The van der Waals surface area contributed by atoms with Gasteiger partial charge in [-0.1, -0.05) is 31.5 Å². The molecule has 0 aliphatic heterocycles. The van der Waals surface area contributed by atoms with Crippen LogP contribution in [0.5, 0.6) is 5.75 Å². The Balaban J connectivity index is 2.96. The summed E-state index contributed by atoms with van der Waals surface area (Å²) in [4.78, 5) is 0. The van der Waals surface area contributed by atoms with Crippen LogP contribution < -0.4 is 10.5 Å². The van der Waals surface area contributed by atoms with E-state index in [4.69, 9.17) is 22.1 Å². The van der Waals surface area contributed by atoms with E-state index in [-0.39, 0.29) is 0 Å². The molecule has 1 aromatic rings. The molecule has 0 spiro atoms. The molecule has 0 aliphatic carbocycles. The van der Waals surface area contributed by atoms with Crippen molar-refractivity contribution in [1.82, 2.24) is 0 Å². The minimum atomic E-state index is 0.696. The second-order valence-corrected chi connectivity index (χ2v) is 4.57. The Labute approximate surface area is 109 Å². The number of ether oxygens (including phenoxy) is 1. The molecule has 96 valence electrons. The highest BCUT2D eigenvalue weighted by Crippen LogP contribution is 2.31. The number of aryl methyl sites for hydroxylation is 2. The maximum atomic E-state index is 6.27. The average Bonchev–Trinajstić information content (AvgIpc) is 2.34. The van der Waals surface area contributed by atoms with E-state index in [0.717, 1.165) is 36.5 Å². The summed E-state index contributed by atoms with van der Waals surface area (Å²) < 4.78 is 5.74. The third-order valence-electron chi connectivity index (χ3n) is 2.69. The van der Waals surface area contributed by atoms with E-state index in [9.17, 15) is 0 Å². The summed E-state index contributed by atoms with van der Waals surface area (Å²) in [5.41, 5.74) is 8.00. The Morgan fingerprint density at radius 2 is 2.06 bits per heavy atom. The molecule has 0 atom stereocenters. The number of rotatable bonds is 7. The monoisotopic (exact) mass is 255 g/mol. The number of benzene rings is 1. The normalized spacial score (nSPS) is 10.6. The van der Waals surface area contributed by atoms with Crippen molar-refractivity contribution in [2.24, 2.45) is 5.73 Å². The van der Waals surface area contributed by atoms with E-state index in [1.165, 1.54) is 11.1 Å². The Morgan fingerprint density at radius 3 is 2.65 bits per heavy atom. The zero-order valence-electron chi connectivity index (χ0n) is 10.8. The lowest BCUT2D eigenvalue weighted by atomic mass is 10.0. The molecule has 0 saturated heterocycles. The smallest absolute Gasteiger partial charge is 0.141 e. The van der Waals surface area contributed by atoms with Crippen LogP contribution in [-0.2, 0) is 12.8 Å². The molecule has 0 unspecified atom stereocenters. The minimum absolute atomic E-state index is 0.696. The molecule has 3 heteroatoms. The van der Waals surface area contributed by atoms with Crippen LogP contribution in [-0.4, -0.2) is 13.2 Å². The summed E-state index contributed by atoms with van der Waals surface area (Å²) in [6, 6.07) is 4.19. The zero-order valence-corrected chi connectivity index (χ0v) is 11.5. The maximum Gasteiger partial charge on any atom is 0.141 e. The van der Waals surface area contributed by atoms with Gasteiger partial charge in [-0.2, -0.15) is 0 Å². The first-order valence-electron chi connectivity index (χ1n) is 6.37. The first-order valence-corrected chi connectivity index (χ1v) is 6.74. The van der Waals surface area contributed by atoms with Gasteiger partial charge < -0.3 is 10.5 Å². The Kier molecular flexibility index (Phi) is 6.38.